The molecular weight excluding hydrogens is 170 g/mol. The zero-order chi connectivity index (χ0) is 10.5. The van der Waals surface area contributed by atoms with Crippen molar-refractivity contribution in [3.05, 3.63) is 0 Å². The zero-order valence-electron chi connectivity index (χ0n) is 8.76. The van der Waals surface area contributed by atoms with Crippen LogP contribution in [0.25, 0.3) is 0 Å². The largest absolute Gasteiger partial charge is 0.443 e. The second kappa shape index (κ2) is 5.04. The fourth-order valence-corrected chi connectivity index (χ4v) is 0.741. The van der Waals surface area contributed by atoms with E-state index in [1.807, 2.05) is 20.8 Å². The second-order valence-electron chi connectivity index (χ2n) is 3.64. The molecule has 0 fully saturated rings. The number of nitrogens with zero attached hydrogens (tertiary/aromatic N) is 1. The summed E-state index contributed by atoms with van der Waals surface area (Å²) < 4.78 is 5.11. The number of nitrogens with two attached hydrogens (primary N) is 1. The third-order valence-electron chi connectivity index (χ3n) is 1.24. The Bertz CT molecular complexity index is 165. The number of hydrogen-bond donors (Lipinski definition) is 2. The van der Waals surface area contributed by atoms with E-state index < -0.39 is 11.7 Å². The predicted octanol–water partition coefficient (Wildman–Crippen LogP) is 0.317. The van der Waals surface area contributed by atoms with Gasteiger partial charge < -0.3 is 10.5 Å². The van der Waals surface area contributed by atoms with Crippen LogP contribution in [-0.2, 0) is 4.74 Å². The molecule has 0 aromatic heterocycles. The average Bonchev–Trinajstić information content (AvgIpc) is 1.96. The molecule has 0 radical (unpaired) electrons. The molecule has 0 unspecified atom stereocenters. The van der Waals surface area contributed by atoms with Crippen LogP contribution in [0.1, 0.15) is 20.8 Å². The first kappa shape index (κ1) is 12.2. The Hall–Kier alpha value is -0.810. The van der Waals surface area contributed by atoms with Gasteiger partial charge >= 0.3 is 6.09 Å². The Morgan fingerprint density at radius 3 is 2.38 bits per heavy atom. The number of nitrogens with one attached hydrogen (secondary N) is 1. The van der Waals surface area contributed by atoms with Crippen LogP contribution in [0.5, 0.6) is 0 Å². The third kappa shape index (κ3) is 5.43. The first-order valence-electron chi connectivity index (χ1n) is 4.28. The standard InChI is InChI=1S/C8H19N3O2/c1-8(2,3)13-7(12)11(10-4)6-5-9/h10H,5-6,9H2,1-4H3. The molecule has 1 amide bonds. The number of carbonyl (C=O) groups excluding carboxylic acids is 1. The number of carbonyl (C=O) groups is 1. The van der Waals surface area contributed by atoms with Gasteiger partial charge in [0.1, 0.15) is 5.60 Å². The summed E-state index contributed by atoms with van der Waals surface area (Å²) in [4.78, 5) is 11.4. The molecule has 0 aliphatic heterocycles. The number of hydrazine groups is 1. The van der Waals surface area contributed by atoms with Gasteiger partial charge in [0.15, 0.2) is 0 Å². The van der Waals surface area contributed by atoms with Crippen molar-refractivity contribution in [2.75, 3.05) is 20.1 Å². The lowest BCUT2D eigenvalue weighted by atomic mass is 10.2. The van der Waals surface area contributed by atoms with Gasteiger partial charge in [-0.05, 0) is 20.8 Å². The van der Waals surface area contributed by atoms with E-state index in [0.717, 1.165) is 0 Å². The maximum Gasteiger partial charge on any atom is 0.424 e. The van der Waals surface area contributed by atoms with E-state index in [4.69, 9.17) is 10.5 Å². The van der Waals surface area contributed by atoms with Crippen molar-refractivity contribution in [3.63, 3.8) is 0 Å². The van der Waals surface area contributed by atoms with Crippen LogP contribution in [0.15, 0.2) is 0 Å². The Labute approximate surface area is 79.2 Å². The number of hydrogen-bond acceptors (Lipinski definition) is 4. The highest BCUT2D eigenvalue weighted by atomic mass is 16.6. The van der Waals surface area contributed by atoms with E-state index in [0.29, 0.717) is 13.1 Å². The Balaban J connectivity index is 4.06. The van der Waals surface area contributed by atoms with Gasteiger partial charge in [0.05, 0.1) is 6.54 Å². The summed E-state index contributed by atoms with van der Waals surface area (Å²) >= 11 is 0. The van der Waals surface area contributed by atoms with Gasteiger partial charge in [0.2, 0.25) is 0 Å². The van der Waals surface area contributed by atoms with Gasteiger partial charge in [0, 0.05) is 13.6 Å². The Morgan fingerprint density at radius 2 is 2.08 bits per heavy atom. The van der Waals surface area contributed by atoms with Crippen molar-refractivity contribution < 1.29 is 9.53 Å². The van der Waals surface area contributed by atoms with Crippen molar-refractivity contribution in [1.82, 2.24) is 10.4 Å². The fraction of sp³-hybridized carbons (Fsp3) is 0.875. The maximum absolute atomic E-state index is 11.4. The minimum Gasteiger partial charge on any atom is -0.443 e. The molecule has 78 valence electrons. The molecule has 0 saturated heterocycles. The molecule has 0 aromatic carbocycles. The summed E-state index contributed by atoms with van der Waals surface area (Å²) in [5, 5.41) is 1.34. The molecule has 0 aromatic rings. The molecule has 3 N–H and O–H groups in total. The third-order valence-corrected chi connectivity index (χ3v) is 1.24. The van der Waals surface area contributed by atoms with E-state index in [9.17, 15) is 4.79 Å². The van der Waals surface area contributed by atoms with Crippen molar-refractivity contribution in [1.29, 1.82) is 0 Å². The molecule has 5 nitrogen and oxygen atoms in total. The van der Waals surface area contributed by atoms with E-state index >= 15 is 0 Å². The summed E-state index contributed by atoms with van der Waals surface area (Å²) in [6, 6.07) is 0. The van der Waals surface area contributed by atoms with Crippen LogP contribution in [0.3, 0.4) is 0 Å². The van der Waals surface area contributed by atoms with Crippen LogP contribution < -0.4 is 11.2 Å². The highest BCUT2D eigenvalue weighted by Gasteiger charge is 2.20. The minimum absolute atomic E-state index is 0.402. The molecule has 0 saturated carbocycles. The number of ether oxygens (including phenoxy) is 1. The molecule has 13 heavy (non-hydrogen) atoms. The maximum atomic E-state index is 11.4. The highest BCUT2D eigenvalue weighted by Crippen LogP contribution is 2.08. The molecule has 0 heterocycles. The van der Waals surface area contributed by atoms with Crippen LogP contribution >= 0.6 is 0 Å². The molecule has 0 rings (SSSR count). The van der Waals surface area contributed by atoms with E-state index in [1.165, 1.54) is 5.01 Å². The molecule has 0 aliphatic carbocycles. The topological polar surface area (TPSA) is 67.6 Å². The lowest BCUT2D eigenvalue weighted by molar-refractivity contribution is 0.0168. The van der Waals surface area contributed by atoms with E-state index in [-0.39, 0.29) is 0 Å². The number of rotatable bonds is 3. The summed E-state index contributed by atoms with van der Waals surface area (Å²) in [6.07, 6.45) is -0.402. The molecule has 0 spiro atoms. The minimum atomic E-state index is -0.471. The first-order valence-corrected chi connectivity index (χ1v) is 4.28. The number of amides is 1. The summed E-state index contributed by atoms with van der Waals surface area (Å²) in [5.41, 5.74) is 7.55. The van der Waals surface area contributed by atoms with Gasteiger partial charge in [-0.3, -0.25) is 0 Å². The molecule has 0 aliphatic rings. The van der Waals surface area contributed by atoms with E-state index in [1.54, 1.807) is 7.05 Å². The van der Waals surface area contributed by atoms with Gasteiger partial charge in [-0.25, -0.2) is 15.2 Å². The monoisotopic (exact) mass is 189 g/mol. The fourth-order valence-electron chi connectivity index (χ4n) is 0.741. The summed E-state index contributed by atoms with van der Waals surface area (Å²) in [6.45, 7) is 6.30. The summed E-state index contributed by atoms with van der Waals surface area (Å²) in [5.74, 6) is 0. The van der Waals surface area contributed by atoms with Gasteiger partial charge in [0.25, 0.3) is 0 Å². The SMILES string of the molecule is CNN(CCN)C(=O)OC(C)(C)C. The van der Waals surface area contributed by atoms with Gasteiger partial charge in [-0.1, -0.05) is 0 Å². The molecule has 0 atom stereocenters. The van der Waals surface area contributed by atoms with Crippen LogP contribution in [0, 0.1) is 0 Å². The summed E-state index contributed by atoms with van der Waals surface area (Å²) in [7, 11) is 1.65. The van der Waals surface area contributed by atoms with Crippen molar-refractivity contribution in [2.45, 2.75) is 26.4 Å². The Morgan fingerprint density at radius 1 is 1.54 bits per heavy atom. The first-order chi connectivity index (χ1) is 5.90. The molecule has 5 heteroatoms. The van der Waals surface area contributed by atoms with E-state index in [2.05, 4.69) is 5.43 Å². The van der Waals surface area contributed by atoms with Crippen LogP contribution in [0.2, 0.25) is 0 Å². The van der Waals surface area contributed by atoms with Gasteiger partial charge in [-0.15, -0.1) is 0 Å². The lowest BCUT2D eigenvalue weighted by Crippen LogP contribution is -2.46. The van der Waals surface area contributed by atoms with Crippen LogP contribution in [0.4, 0.5) is 4.79 Å². The normalized spacial score (nSPS) is 11.2. The second-order valence-corrected chi connectivity index (χ2v) is 3.64. The smallest absolute Gasteiger partial charge is 0.424 e. The van der Waals surface area contributed by atoms with Crippen molar-refractivity contribution in [2.24, 2.45) is 5.73 Å². The van der Waals surface area contributed by atoms with Crippen molar-refractivity contribution in [3.8, 4) is 0 Å². The highest BCUT2D eigenvalue weighted by molar-refractivity contribution is 5.67. The molecular formula is C8H19N3O2. The quantitative estimate of drug-likeness (QED) is 0.627. The van der Waals surface area contributed by atoms with Crippen LogP contribution in [-0.4, -0.2) is 36.8 Å². The van der Waals surface area contributed by atoms with Gasteiger partial charge in [-0.2, -0.15) is 0 Å². The average molecular weight is 189 g/mol. The predicted molar refractivity (Wildman–Crippen MR) is 51.1 cm³/mol. The molecule has 0 bridgehead atoms. The van der Waals surface area contributed by atoms with Crippen molar-refractivity contribution >= 4 is 6.09 Å². The zero-order valence-corrected chi connectivity index (χ0v) is 8.76. The Kier molecular flexibility index (Phi) is 4.72. The lowest BCUT2D eigenvalue weighted by Gasteiger charge is -2.26.